The fourth-order valence-electron chi connectivity index (χ4n) is 2.09. The van der Waals surface area contributed by atoms with Gasteiger partial charge in [0, 0.05) is 45.7 Å². The van der Waals surface area contributed by atoms with Crippen LogP contribution in [0.2, 0.25) is 0 Å². The molecule has 1 aliphatic heterocycles. The standard InChI is InChI=1S/C14H16NO2.Y/c1-9-4-7-13(15(3)14(9)17)12-6-5-11(16)8-10(12)2;/h5-6,8-9,16H,4H2,1-3H3;/q-1;. The number of hydrogen-bond acceptors (Lipinski definition) is 2. The van der Waals surface area contributed by atoms with Crippen LogP contribution in [0.4, 0.5) is 0 Å². The van der Waals surface area contributed by atoms with Crippen molar-refractivity contribution in [1.29, 1.82) is 0 Å². The first-order chi connectivity index (χ1) is 8.00. The van der Waals surface area contributed by atoms with Gasteiger partial charge in [0.25, 0.3) is 0 Å². The van der Waals surface area contributed by atoms with Gasteiger partial charge < -0.3 is 10.0 Å². The minimum absolute atomic E-state index is 0. The number of carbonyl (C=O) groups is 1. The van der Waals surface area contributed by atoms with E-state index in [1.807, 2.05) is 19.9 Å². The largest absolute Gasteiger partial charge is 0.508 e. The van der Waals surface area contributed by atoms with Gasteiger partial charge in [-0.1, -0.05) is 20.3 Å². The van der Waals surface area contributed by atoms with E-state index in [4.69, 9.17) is 0 Å². The molecule has 2 rings (SSSR count). The van der Waals surface area contributed by atoms with Crippen molar-refractivity contribution in [3.05, 3.63) is 35.4 Å². The monoisotopic (exact) mass is 319 g/mol. The van der Waals surface area contributed by atoms with Crippen molar-refractivity contribution < 1.29 is 42.6 Å². The Kier molecular flexibility index (Phi) is 5.12. The number of nitrogens with zero attached hydrogens (tertiary/aromatic N) is 1. The van der Waals surface area contributed by atoms with Crippen LogP contribution in [0.1, 0.15) is 24.5 Å². The van der Waals surface area contributed by atoms with Gasteiger partial charge in [-0.25, -0.2) is 6.08 Å². The Morgan fingerprint density at radius 3 is 2.72 bits per heavy atom. The molecule has 1 radical (unpaired) electrons. The summed E-state index contributed by atoms with van der Waals surface area (Å²) in [7, 11) is 1.77. The number of carbonyl (C=O) groups excluding carboxylic acids is 1. The quantitative estimate of drug-likeness (QED) is 0.807. The molecule has 1 atom stereocenters. The predicted molar refractivity (Wildman–Crippen MR) is 66.0 cm³/mol. The summed E-state index contributed by atoms with van der Waals surface area (Å²) in [5.41, 5.74) is 2.71. The van der Waals surface area contributed by atoms with E-state index < -0.39 is 0 Å². The van der Waals surface area contributed by atoms with Crippen molar-refractivity contribution >= 4 is 11.6 Å². The fourth-order valence-corrected chi connectivity index (χ4v) is 2.09. The third-order valence-corrected chi connectivity index (χ3v) is 3.13. The van der Waals surface area contributed by atoms with Gasteiger partial charge in [-0.05, 0) is 12.1 Å². The van der Waals surface area contributed by atoms with Crippen LogP contribution in [-0.4, -0.2) is 23.0 Å². The maximum atomic E-state index is 11.9. The van der Waals surface area contributed by atoms with Gasteiger partial charge in [0.05, 0.1) is 0 Å². The first kappa shape index (κ1) is 15.4. The van der Waals surface area contributed by atoms with Crippen LogP contribution in [0.15, 0.2) is 18.2 Å². The summed E-state index contributed by atoms with van der Waals surface area (Å²) >= 11 is 0. The molecule has 1 aliphatic rings. The van der Waals surface area contributed by atoms with Crippen molar-refractivity contribution in [3.8, 4) is 5.75 Å². The van der Waals surface area contributed by atoms with Gasteiger partial charge in [0.1, 0.15) is 5.75 Å². The molecule has 1 aromatic rings. The summed E-state index contributed by atoms with van der Waals surface area (Å²) in [6.45, 7) is 3.83. The van der Waals surface area contributed by atoms with E-state index in [2.05, 4.69) is 6.08 Å². The van der Waals surface area contributed by atoms with Crippen molar-refractivity contribution in [1.82, 2.24) is 4.90 Å². The summed E-state index contributed by atoms with van der Waals surface area (Å²) in [6, 6.07) is 5.15. The summed E-state index contributed by atoms with van der Waals surface area (Å²) in [5.74, 6) is 0.359. The van der Waals surface area contributed by atoms with Crippen LogP contribution in [0.25, 0.3) is 5.70 Å². The van der Waals surface area contributed by atoms with Crippen LogP contribution >= 0.6 is 0 Å². The van der Waals surface area contributed by atoms with Gasteiger partial charge in [0.2, 0.25) is 5.91 Å². The molecule has 0 saturated carbocycles. The predicted octanol–water partition coefficient (Wildman–Crippen LogP) is 2.34. The average Bonchev–Trinajstić information content (AvgIpc) is 2.28. The molecule has 0 spiro atoms. The molecule has 0 fully saturated rings. The van der Waals surface area contributed by atoms with E-state index in [9.17, 15) is 9.90 Å². The van der Waals surface area contributed by atoms with Gasteiger partial charge >= 0.3 is 0 Å². The maximum absolute atomic E-state index is 11.9. The number of phenols is 1. The Balaban J connectivity index is 0.00000162. The maximum Gasteiger partial charge on any atom is 0.225 e. The Hall–Kier alpha value is -0.666. The first-order valence-corrected chi connectivity index (χ1v) is 5.69. The number of benzene rings is 1. The van der Waals surface area contributed by atoms with Gasteiger partial charge in [-0.15, -0.1) is 22.9 Å². The Morgan fingerprint density at radius 1 is 1.44 bits per heavy atom. The zero-order chi connectivity index (χ0) is 12.6. The normalized spacial score (nSPS) is 19.3. The second-order valence-electron chi connectivity index (χ2n) is 4.53. The number of phenolic OH excluding ortho intramolecular Hbond substituents is 1. The molecule has 4 heteroatoms. The van der Waals surface area contributed by atoms with E-state index in [-0.39, 0.29) is 50.3 Å². The number of hydrogen-bond donors (Lipinski definition) is 1. The summed E-state index contributed by atoms with van der Waals surface area (Å²) < 4.78 is 0. The summed E-state index contributed by atoms with van der Waals surface area (Å²) in [4.78, 5) is 13.5. The van der Waals surface area contributed by atoms with Crippen molar-refractivity contribution in [2.45, 2.75) is 20.3 Å². The summed E-state index contributed by atoms with van der Waals surface area (Å²) in [6.07, 6.45) is 3.92. The van der Waals surface area contributed by atoms with Crippen LogP contribution < -0.4 is 0 Å². The number of aromatic hydroxyl groups is 1. The topological polar surface area (TPSA) is 40.5 Å². The zero-order valence-electron chi connectivity index (χ0n) is 10.9. The molecule has 0 saturated heterocycles. The number of amides is 1. The second-order valence-corrected chi connectivity index (χ2v) is 4.53. The van der Waals surface area contributed by atoms with Crippen LogP contribution in [0, 0.1) is 18.9 Å². The van der Waals surface area contributed by atoms with Crippen LogP contribution in [-0.2, 0) is 37.5 Å². The number of allylic oxidation sites excluding steroid dienone is 1. The molecule has 0 bridgehead atoms. The molecule has 1 N–H and O–H groups in total. The third kappa shape index (κ3) is 2.84. The molecule has 3 nitrogen and oxygen atoms in total. The summed E-state index contributed by atoms with van der Waals surface area (Å²) in [5, 5.41) is 9.39. The van der Waals surface area contributed by atoms with E-state index in [1.54, 1.807) is 24.1 Å². The molecule has 93 valence electrons. The fraction of sp³-hybridized carbons (Fsp3) is 0.357. The van der Waals surface area contributed by atoms with E-state index in [1.165, 1.54) is 0 Å². The third-order valence-electron chi connectivity index (χ3n) is 3.13. The number of aryl methyl sites for hydroxylation is 1. The van der Waals surface area contributed by atoms with Gasteiger partial charge in [0.15, 0.2) is 0 Å². The minimum Gasteiger partial charge on any atom is -0.508 e. The SMILES string of the molecule is Cc1cc(O)ccc1C1=[C-]CC(C)C(=O)N1C.[Y]. The molecule has 18 heavy (non-hydrogen) atoms. The molecule has 1 aromatic carbocycles. The van der Waals surface area contributed by atoms with Crippen LogP contribution in [0.5, 0.6) is 5.75 Å². The van der Waals surface area contributed by atoms with Crippen molar-refractivity contribution in [3.63, 3.8) is 0 Å². The molecule has 1 heterocycles. The van der Waals surface area contributed by atoms with Crippen LogP contribution in [0.3, 0.4) is 0 Å². The van der Waals surface area contributed by atoms with E-state index >= 15 is 0 Å². The molecule has 1 amide bonds. The van der Waals surface area contributed by atoms with Crippen molar-refractivity contribution in [2.75, 3.05) is 7.05 Å². The molecule has 1 unspecified atom stereocenters. The Morgan fingerprint density at radius 2 is 2.11 bits per heavy atom. The zero-order valence-corrected chi connectivity index (χ0v) is 13.7. The second kappa shape index (κ2) is 5.98. The van der Waals surface area contributed by atoms with Crippen molar-refractivity contribution in [2.24, 2.45) is 5.92 Å². The molecular formula is C14H16NO2Y-. The number of rotatable bonds is 1. The average molecular weight is 319 g/mol. The minimum atomic E-state index is 0. The molecule has 0 aromatic heterocycles. The van der Waals surface area contributed by atoms with E-state index in [0.29, 0.717) is 6.42 Å². The Labute approximate surface area is 133 Å². The van der Waals surface area contributed by atoms with E-state index in [0.717, 1.165) is 16.8 Å². The molecule has 0 aliphatic carbocycles. The molecular weight excluding hydrogens is 303 g/mol. The smallest absolute Gasteiger partial charge is 0.225 e. The van der Waals surface area contributed by atoms with Gasteiger partial charge in [-0.3, -0.25) is 4.79 Å². The Bertz CT molecular complexity index is 497. The first-order valence-electron chi connectivity index (χ1n) is 5.69. The van der Waals surface area contributed by atoms with Gasteiger partial charge in [-0.2, -0.15) is 0 Å².